The highest BCUT2D eigenvalue weighted by atomic mass is 14.2. The van der Waals surface area contributed by atoms with Crippen LogP contribution in [0.15, 0.2) is 182 Å². The highest BCUT2D eigenvalue weighted by molar-refractivity contribution is 6.16. The predicted molar refractivity (Wildman–Crippen MR) is 198 cm³/mol. The lowest BCUT2D eigenvalue weighted by atomic mass is 9.89. The van der Waals surface area contributed by atoms with Gasteiger partial charge in [-0.05, 0) is 112 Å². The Labute approximate surface area is 268 Å². The summed E-state index contributed by atoms with van der Waals surface area (Å²) in [6.07, 6.45) is 0. The van der Waals surface area contributed by atoms with Gasteiger partial charge in [-0.2, -0.15) is 0 Å². The Bertz CT molecular complexity index is 2560. The third-order valence-electron chi connectivity index (χ3n) is 9.43. The normalized spacial score (nSPS) is 11.5. The highest BCUT2D eigenvalue weighted by Crippen LogP contribution is 2.40. The van der Waals surface area contributed by atoms with E-state index in [1.54, 1.807) is 0 Å². The zero-order valence-corrected chi connectivity index (χ0v) is 25.3. The first-order chi connectivity index (χ1) is 22.8. The molecule has 0 nitrogen and oxygen atoms in total. The molecule has 0 aliphatic rings. The van der Waals surface area contributed by atoms with Crippen molar-refractivity contribution in [2.45, 2.75) is 0 Å². The van der Waals surface area contributed by atoms with E-state index in [0.29, 0.717) is 0 Å². The number of hydrogen-bond donors (Lipinski definition) is 0. The minimum atomic E-state index is 1.22. The molecule has 0 heterocycles. The van der Waals surface area contributed by atoms with Crippen LogP contribution in [0.3, 0.4) is 0 Å². The van der Waals surface area contributed by atoms with Crippen molar-refractivity contribution < 1.29 is 0 Å². The van der Waals surface area contributed by atoms with Crippen LogP contribution >= 0.6 is 0 Å². The van der Waals surface area contributed by atoms with Crippen molar-refractivity contribution in [3.05, 3.63) is 182 Å². The molecule has 9 aromatic rings. The van der Waals surface area contributed by atoms with Gasteiger partial charge in [0.15, 0.2) is 0 Å². The molecule has 0 saturated heterocycles. The van der Waals surface area contributed by atoms with Gasteiger partial charge in [-0.3, -0.25) is 0 Å². The molecule has 0 radical (unpaired) electrons. The fourth-order valence-corrected chi connectivity index (χ4v) is 7.19. The minimum Gasteiger partial charge on any atom is -0.0622 e. The number of fused-ring (bicyclic) bond motifs is 5. The topological polar surface area (TPSA) is 0 Å². The Morgan fingerprint density at radius 3 is 1.46 bits per heavy atom. The van der Waals surface area contributed by atoms with Crippen molar-refractivity contribution in [3.63, 3.8) is 0 Å². The molecular formula is C46H30. The SMILES string of the molecule is c1ccc(-c2cc3cc(-c4cccc(-c5cccc6ccccc56)c4)ccc3c3ccc(-c4cccc5ccccc45)cc23)cc1. The van der Waals surface area contributed by atoms with Crippen LogP contribution in [0.4, 0.5) is 0 Å². The molecule has 46 heavy (non-hydrogen) atoms. The van der Waals surface area contributed by atoms with Crippen molar-refractivity contribution >= 4 is 43.1 Å². The van der Waals surface area contributed by atoms with Crippen molar-refractivity contribution in [2.24, 2.45) is 0 Å². The summed E-state index contributed by atoms with van der Waals surface area (Å²) in [4.78, 5) is 0. The van der Waals surface area contributed by atoms with Crippen LogP contribution in [0.1, 0.15) is 0 Å². The van der Waals surface area contributed by atoms with E-state index in [2.05, 4.69) is 182 Å². The van der Waals surface area contributed by atoms with Gasteiger partial charge in [-0.25, -0.2) is 0 Å². The summed E-state index contributed by atoms with van der Waals surface area (Å²) < 4.78 is 0. The Balaban J connectivity index is 1.22. The first-order valence-corrected chi connectivity index (χ1v) is 15.9. The summed E-state index contributed by atoms with van der Waals surface area (Å²) in [6, 6.07) is 66.6. The van der Waals surface area contributed by atoms with E-state index in [-0.39, 0.29) is 0 Å². The molecule has 0 heteroatoms. The third-order valence-corrected chi connectivity index (χ3v) is 9.43. The minimum absolute atomic E-state index is 1.22. The molecule has 0 atom stereocenters. The van der Waals surface area contributed by atoms with Crippen LogP contribution in [-0.2, 0) is 0 Å². The van der Waals surface area contributed by atoms with E-state index in [9.17, 15) is 0 Å². The Hall–Kier alpha value is -5.98. The smallest absolute Gasteiger partial charge is 0.00928 e. The van der Waals surface area contributed by atoms with Crippen LogP contribution in [0.2, 0.25) is 0 Å². The summed E-state index contributed by atoms with van der Waals surface area (Å²) >= 11 is 0. The highest BCUT2D eigenvalue weighted by Gasteiger charge is 2.13. The largest absolute Gasteiger partial charge is 0.0622 e. The first-order valence-electron chi connectivity index (χ1n) is 15.9. The molecule has 0 aliphatic heterocycles. The van der Waals surface area contributed by atoms with E-state index in [4.69, 9.17) is 0 Å². The van der Waals surface area contributed by atoms with Crippen molar-refractivity contribution in [1.82, 2.24) is 0 Å². The lowest BCUT2D eigenvalue weighted by Crippen LogP contribution is -1.88. The van der Waals surface area contributed by atoms with Crippen LogP contribution in [0.25, 0.3) is 87.6 Å². The summed E-state index contributed by atoms with van der Waals surface area (Å²) in [5, 5.41) is 10.2. The Kier molecular flexibility index (Phi) is 6.25. The number of hydrogen-bond acceptors (Lipinski definition) is 0. The average Bonchev–Trinajstić information content (AvgIpc) is 3.14. The molecular weight excluding hydrogens is 553 g/mol. The molecule has 214 valence electrons. The zero-order chi connectivity index (χ0) is 30.5. The predicted octanol–water partition coefficient (Wildman–Crippen LogP) is 13.0. The van der Waals surface area contributed by atoms with E-state index >= 15 is 0 Å². The standard InChI is InChI=1S/C46H30/c1-2-11-33(12-3-1)45-30-38-28-35(34-17-8-18-36(27-34)41-21-9-15-31-13-4-6-19-39(31)41)23-25-43(38)44-26-24-37(29-46(44)45)42-22-10-16-32-14-5-7-20-40(32)42/h1-30H. The second kappa shape index (κ2) is 10.9. The van der Waals surface area contributed by atoms with Crippen molar-refractivity contribution in [2.75, 3.05) is 0 Å². The quantitative estimate of drug-likeness (QED) is 0.181. The molecule has 0 amide bonds. The van der Waals surface area contributed by atoms with Crippen molar-refractivity contribution in [1.29, 1.82) is 0 Å². The van der Waals surface area contributed by atoms with Crippen LogP contribution < -0.4 is 0 Å². The summed E-state index contributed by atoms with van der Waals surface area (Å²) in [5.74, 6) is 0. The second-order valence-corrected chi connectivity index (χ2v) is 12.1. The van der Waals surface area contributed by atoms with E-state index in [0.717, 1.165) is 0 Å². The zero-order valence-electron chi connectivity index (χ0n) is 25.3. The molecule has 0 spiro atoms. The number of rotatable bonds is 4. The molecule has 0 aliphatic carbocycles. The van der Waals surface area contributed by atoms with Gasteiger partial charge in [0.1, 0.15) is 0 Å². The third kappa shape index (κ3) is 4.47. The Morgan fingerprint density at radius 2 is 0.717 bits per heavy atom. The molecule has 9 rings (SSSR count). The van der Waals surface area contributed by atoms with Crippen LogP contribution in [-0.4, -0.2) is 0 Å². The molecule has 9 aromatic carbocycles. The summed E-state index contributed by atoms with van der Waals surface area (Å²) in [7, 11) is 0. The lowest BCUT2D eigenvalue weighted by molar-refractivity contribution is 1.62. The molecule has 0 N–H and O–H groups in total. The fraction of sp³-hybridized carbons (Fsp3) is 0. The lowest BCUT2D eigenvalue weighted by Gasteiger charge is -2.15. The number of benzene rings is 9. The maximum Gasteiger partial charge on any atom is -0.00928 e. The van der Waals surface area contributed by atoms with Crippen molar-refractivity contribution in [3.8, 4) is 44.5 Å². The van der Waals surface area contributed by atoms with E-state index in [1.165, 1.54) is 87.6 Å². The van der Waals surface area contributed by atoms with Gasteiger partial charge in [-0.15, -0.1) is 0 Å². The van der Waals surface area contributed by atoms with Gasteiger partial charge in [0.2, 0.25) is 0 Å². The van der Waals surface area contributed by atoms with Gasteiger partial charge in [0.25, 0.3) is 0 Å². The fourth-order valence-electron chi connectivity index (χ4n) is 7.19. The monoisotopic (exact) mass is 582 g/mol. The van der Waals surface area contributed by atoms with E-state index in [1.807, 2.05) is 0 Å². The van der Waals surface area contributed by atoms with E-state index < -0.39 is 0 Å². The molecule has 0 bridgehead atoms. The molecule has 0 saturated carbocycles. The van der Waals surface area contributed by atoms with Gasteiger partial charge >= 0.3 is 0 Å². The van der Waals surface area contributed by atoms with Gasteiger partial charge in [0, 0.05) is 0 Å². The first kappa shape index (κ1) is 26.4. The summed E-state index contributed by atoms with van der Waals surface area (Å²) in [5.41, 5.74) is 9.93. The second-order valence-electron chi connectivity index (χ2n) is 12.1. The maximum atomic E-state index is 2.39. The van der Waals surface area contributed by atoms with Crippen LogP contribution in [0, 0.1) is 0 Å². The molecule has 0 fully saturated rings. The van der Waals surface area contributed by atoms with Gasteiger partial charge in [-0.1, -0.05) is 158 Å². The summed E-state index contributed by atoms with van der Waals surface area (Å²) in [6.45, 7) is 0. The average molecular weight is 583 g/mol. The van der Waals surface area contributed by atoms with Gasteiger partial charge in [0.05, 0.1) is 0 Å². The maximum absolute atomic E-state index is 2.39. The van der Waals surface area contributed by atoms with Gasteiger partial charge < -0.3 is 0 Å². The molecule has 0 aromatic heterocycles. The Morgan fingerprint density at radius 1 is 0.196 bits per heavy atom. The van der Waals surface area contributed by atoms with Crippen LogP contribution in [0.5, 0.6) is 0 Å². The molecule has 0 unspecified atom stereocenters.